The second-order valence-corrected chi connectivity index (χ2v) is 4.16. The Morgan fingerprint density at radius 1 is 1.00 bits per heavy atom. The minimum atomic E-state index is 0.917. The van der Waals surface area contributed by atoms with E-state index in [0.717, 1.165) is 5.41 Å². The summed E-state index contributed by atoms with van der Waals surface area (Å²) >= 11 is 0. The standard InChI is InChI=1S/C8H12/c1-8-5-2-6(8)4-7(8)3-5/h5-7H,2-4H2,1H3. The van der Waals surface area contributed by atoms with Crippen LogP contribution in [-0.4, -0.2) is 0 Å². The van der Waals surface area contributed by atoms with E-state index in [4.69, 9.17) is 0 Å². The van der Waals surface area contributed by atoms with E-state index < -0.39 is 0 Å². The van der Waals surface area contributed by atoms with Crippen molar-refractivity contribution in [2.24, 2.45) is 23.2 Å². The minimum absolute atomic E-state index is 0.917. The van der Waals surface area contributed by atoms with Crippen molar-refractivity contribution < 1.29 is 0 Å². The van der Waals surface area contributed by atoms with Crippen molar-refractivity contribution in [1.82, 2.24) is 0 Å². The van der Waals surface area contributed by atoms with Gasteiger partial charge in [-0.25, -0.2) is 0 Å². The molecule has 0 radical (unpaired) electrons. The number of hydrogen-bond donors (Lipinski definition) is 0. The molecule has 0 N–H and O–H groups in total. The fourth-order valence-corrected chi connectivity index (χ4v) is 3.36. The van der Waals surface area contributed by atoms with E-state index in [1.54, 1.807) is 19.3 Å². The van der Waals surface area contributed by atoms with Crippen LogP contribution in [0.5, 0.6) is 0 Å². The van der Waals surface area contributed by atoms with Gasteiger partial charge in [-0.05, 0) is 42.4 Å². The minimum Gasteiger partial charge on any atom is -0.0588 e. The van der Waals surface area contributed by atoms with Crippen molar-refractivity contribution in [1.29, 1.82) is 0 Å². The third-order valence-electron chi connectivity index (χ3n) is 4.35. The van der Waals surface area contributed by atoms with Gasteiger partial charge >= 0.3 is 0 Å². The Hall–Kier alpha value is 0. The summed E-state index contributed by atoms with van der Waals surface area (Å²) in [7, 11) is 0. The summed E-state index contributed by atoms with van der Waals surface area (Å²) < 4.78 is 0. The molecule has 0 aromatic rings. The molecule has 0 bridgehead atoms. The van der Waals surface area contributed by atoms with E-state index in [9.17, 15) is 0 Å². The molecular weight excluding hydrogens is 96.1 g/mol. The van der Waals surface area contributed by atoms with Gasteiger partial charge in [0.25, 0.3) is 0 Å². The normalized spacial score (nSPS) is 73.9. The molecule has 3 fully saturated rings. The summed E-state index contributed by atoms with van der Waals surface area (Å²) in [6.07, 6.45) is 4.77. The van der Waals surface area contributed by atoms with Gasteiger partial charge in [0.05, 0.1) is 0 Å². The molecule has 0 saturated heterocycles. The Morgan fingerprint density at radius 2 is 1.38 bits per heavy atom. The quantitative estimate of drug-likeness (QED) is 0.445. The second kappa shape index (κ2) is 0.778. The Labute approximate surface area is 50.3 Å². The first kappa shape index (κ1) is 3.92. The van der Waals surface area contributed by atoms with Gasteiger partial charge in [0.2, 0.25) is 0 Å². The lowest BCUT2D eigenvalue weighted by Gasteiger charge is -2.77. The zero-order valence-electron chi connectivity index (χ0n) is 5.35. The highest BCUT2D eigenvalue weighted by molar-refractivity contribution is 5.19. The van der Waals surface area contributed by atoms with Crippen molar-refractivity contribution in [2.75, 3.05) is 0 Å². The fourth-order valence-electron chi connectivity index (χ4n) is 3.36. The van der Waals surface area contributed by atoms with Crippen LogP contribution in [0.25, 0.3) is 0 Å². The van der Waals surface area contributed by atoms with Crippen LogP contribution in [0.4, 0.5) is 0 Å². The van der Waals surface area contributed by atoms with Gasteiger partial charge in [0, 0.05) is 0 Å². The highest BCUT2D eigenvalue weighted by Gasteiger charge is 2.70. The molecule has 0 spiro atoms. The molecule has 0 atom stereocenters. The number of rotatable bonds is 0. The van der Waals surface area contributed by atoms with Crippen LogP contribution in [0, 0.1) is 23.2 Å². The third kappa shape index (κ3) is 0.167. The van der Waals surface area contributed by atoms with Crippen molar-refractivity contribution >= 4 is 0 Å². The maximum atomic E-state index is 2.50. The first-order valence-electron chi connectivity index (χ1n) is 3.82. The molecule has 0 amide bonds. The van der Waals surface area contributed by atoms with Crippen molar-refractivity contribution in [3.8, 4) is 0 Å². The summed E-state index contributed by atoms with van der Waals surface area (Å²) in [5.74, 6) is 3.56. The second-order valence-electron chi connectivity index (χ2n) is 4.16. The van der Waals surface area contributed by atoms with Gasteiger partial charge in [-0.1, -0.05) is 6.92 Å². The molecule has 0 nitrogen and oxygen atoms in total. The molecule has 8 heavy (non-hydrogen) atoms. The van der Waals surface area contributed by atoms with E-state index in [0.29, 0.717) is 0 Å². The molecule has 0 unspecified atom stereocenters. The van der Waals surface area contributed by atoms with E-state index in [-0.39, 0.29) is 0 Å². The molecule has 3 aliphatic rings. The molecular formula is C8H12. The van der Waals surface area contributed by atoms with Gasteiger partial charge in [0.15, 0.2) is 0 Å². The Kier molecular flexibility index (Phi) is 0.381. The lowest BCUT2D eigenvalue weighted by molar-refractivity contribution is -0.278. The van der Waals surface area contributed by atoms with Crippen molar-refractivity contribution in [2.45, 2.75) is 26.2 Å². The van der Waals surface area contributed by atoms with Crippen LogP contribution < -0.4 is 0 Å². The first-order valence-corrected chi connectivity index (χ1v) is 3.82. The van der Waals surface area contributed by atoms with Gasteiger partial charge in [0.1, 0.15) is 0 Å². The molecule has 0 aliphatic heterocycles. The van der Waals surface area contributed by atoms with E-state index in [2.05, 4.69) is 6.92 Å². The smallest absolute Gasteiger partial charge is 0.0240 e. The lowest BCUT2D eigenvalue weighted by Crippen LogP contribution is -2.69. The molecule has 0 heterocycles. The van der Waals surface area contributed by atoms with Crippen molar-refractivity contribution in [3.63, 3.8) is 0 Å². The maximum absolute atomic E-state index is 2.50. The molecule has 3 rings (SSSR count). The zero-order chi connectivity index (χ0) is 5.35. The molecule has 0 aromatic carbocycles. The van der Waals surface area contributed by atoms with E-state index >= 15 is 0 Å². The summed E-state index contributed by atoms with van der Waals surface area (Å²) in [5, 5.41) is 0. The Balaban J connectivity index is 2.04. The average molecular weight is 108 g/mol. The zero-order valence-corrected chi connectivity index (χ0v) is 5.35. The Bertz CT molecular complexity index is 116. The van der Waals surface area contributed by atoms with Gasteiger partial charge in [-0.3, -0.25) is 0 Å². The molecule has 0 aromatic heterocycles. The maximum Gasteiger partial charge on any atom is -0.0240 e. The van der Waals surface area contributed by atoms with Crippen LogP contribution >= 0.6 is 0 Å². The molecule has 0 heteroatoms. The van der Waals surface area contributed by atoms with Crippen LogP contribution in [0.15, 0.2) is 0 Å². The monoisotopic (exact) mass is 108 g/mol. The highest BCUT2D eigenvalue weighted by atomic mass is 14.7. The first-order chi connectivity index (χ1) is 3.82. The van der Waals surface area contributed by atoms with Crippen LogP contribution in [-0.2, 0) is 0 Å². The Morgan fingerprint density at radius 3 is 1.38 bits per heavy atom. The average Bonchev–Trinajstić information content (AvgIpc) is 1.90. The van der Waals surface area contributed by atoms with Crippen LogP contribution in [0.3, 0.4) is 0 Å². The molecule has 3 aliphatic carbocycles. The van der Waals surface area contributed by atoms with Gasteiger partial charge in [-0.2, -0.15) is 0 Å². The van der Waals surface area contributed by atoms with Crippen LogP contribution in [0.2, 0.25) is 0 Å². The summed E-state index contributed by atoms with van der Waals surface area (Å²) in [4.78, 5) is 0. The predicted octanol–water partition coefficient (Wildman–Crippen LogP) is 2.05. The van der Waals surface area contributed by atoms with Gasteiger partial charge < -0.3 is 0 Å². The summed E-state index contributed by atoms with van der Waals surface area (Å²) in [6.45, 7) is 2.50. The third-order valence-corrected chi connectivity index (χ3v) is 4.35. The molecule has 44 valence electrons. The lowest BCUT2D eigenvalue weighted by atomic mass is 9.28. The largest absolute Gasteiger partial charge is 0.0588 e. The topological polar surface area (TPSA) is 0 Å². The number of hydrogen-bond acceptors (Lipinski definition) is 0. The highest BCUT2D eigenvalue weighted by Crippen LogP contribution is 2.78. The van der Waals surface area contributed by atoms with Gasteiger partial charge in [-0.15, -0.1) is 0 Å². The van der Waals surface area contributed by atoms with Crippen molar-refractivity contribution in [3.05, 3.63) is 0 Å². The fraction of sp³-hybridized carbons (Fsp3) is 1.00. The van der Waals surface area contributed by atoms with E-state index in [1.165, 1.54) is 17.8 Å². The van der Waals surface area contributed by atoms with Crippen LogP contribution in [0.1, 0.15) is 26.2 Å². The summed E-state index contributed by atoms with van der Waals surface area (Å²) in [6, 6.07) is 0. The van der Waals surface area contributed by atoms with E-state index in [1.807, 2.05) is 0 Å². The molecule has 3 saturated carbocycles. The summed E-state index contributed by atoms with van der Waals surface area (Å²) in [5.41, 5.74) is 0.917. The predicted molar refractivity (Wildman–Crippen MR) is 32.4 cm³/mol. The SMILES string of the molecule is CC12C3CC1CC2C3.